The van der Waals surface area contributed by atoms with Crippen molar-refractivity contribution in [3.8, 4) is 23.0 Å². The molecule has 0 atom stereocenters. The Bertz CT molecular complexity index is 889. The molecule has 0 aliphatic rings. The number of carbonyl (C=O) groups is 2. The summed E-state index contributed by atoms with van der Waals surface area (Å²) in [6.45, 7) is 12.7. The van der Waals surface area contributed by atoms with Crippen molar-refractivity contribution in [3.63, 3.8) is 0 Å². The fraction of sp³-hybridized carbons (Fsp3) is 0.455. The predicted molar refractivity (Wildman–Crippen MR) is 118 cm³/mol. The zero-order chi connectivity index (χ0) is 22.6. The third kappa shape index (κ3) is 4.38. The van der Waals surface area contributed by atoms with Crippen molar-refractivity contribution in [3.05, 3.63) is 35.5 Å². The Morgan fingerprint density at radius 2 is 1.53 bits per heavy atom. The fourth-order valence-electron chi connectivity index (χ4n) is 4.18. The average molecular weight is 431 g/mol. The van der Waals surface area contributed by atoms with Crippen LogP contribution in [-0.2, 0) is 0 Å². The highest BCUT2D eigenvalue weighted by molar-refractivity contribution is 6.78. The van der Waals surface area contributed by atoms with Gasteiger partial charge in [-0.1, -0.05) is 65.8 Å². The molecule has 0 radical (unpaired) electrons. The van der Waals surface area contributed by atoms with Crippen LogP contribution in [-0.4, -0.2) is 42.8 Å². The first kappa shape index (κ1) is 23.5. The van der Waals surface area contributed by atoms with E-state index in [9.17, 15) is 14.7 Å². The fourth-order valence-corrected chi connectivity index (χ4v) is 9.42. The lowest BCUT2D eigenvalue weighted by Gasteiger charge is -2.42. The Balaban J connectivity index is 2.69. The van der Waals surface area contributed by atoms with Gasteiger partial charge < -0.3 is 14.3 Å². The normalized spacial score (nSPS) is 11.8. The van der Waals surface area contributed by atoms with E-state index in [1.165, 1.54) is 7.11 Å². The summed E-state index contributed by atoms with van der Waals surface area (Å²) in [5, 5.41) is 9.90. The highest BCUT2D eigenvalue weighted by atomic mass is 28.4. The third-order valence-electron chi connectivity index (χ3n) is 5.52. The van der Waals surface area contributed by atoms with E-state index in [4.69, 9.17) is 9.16 Å². The van der Waals surface area contributed by atoms with E-state index < -0.39 is 14.3 Å². The quantitative estimate of drug-likeness (QED) is 0.430. The predicted octanol–water partition coefficient (Wildman–Crippen LogP) is 5.22. The van der Waals surface area contributed by atoms with Crippen molar-refractivity contribution in [1.82, 2.24) is 9.97 Å². The van der Waals surface area contributed by atoms with Gasteiger partial charge in [-0.2, -0.15) is 4.98 Å². The number of aldehydes is 1. The van der Waals surface area contributed by atoms with Crippen LogP contribution in [0.1, 0.15) is 62.4 Å². The van der Waals surface area contributed by atoms with Gasteiger partial charge in [0.2, 0.25) is 5.75 Å². The molecule has 0 aliphatic carbocycles. The molecular formula is C22H30N2O5Si. The topological polar surface area (TPSA) is 98.6 Å². The summed E-state index contributed by atoms with van der Waals surface area (Å²) >= 11 is 0. The smallest absolute Gasteiger partial charge is 0.358 e. The van der Waals surface area contributed by atoms with Crippen LogP contribution in [0.2, 0.25) is 16.6 Å². The monoisotopic (exact) mass is 430 g/mol. The molecule has 2 rings (SSSR count). The second kappa shape index (κ2) is 9.38. The molecule has 0 unspecified atom stereocenters. The van der Waals surface area contributed by atoms with Crippen LogP contribution >= 0.6 is 0 Å². The standard InChI is InChI=1S/C22H30N2O5Si/c1-13(2)30(14(3)4,15(5)6)29-19-18(22(26)27)23-20(24-21(19)28-7)17-10-8-16(12-25)9-11-17/h8-15H,1-7H3,(H,26,27). The first-order valence-electron chi connectivity index (χ1n) is 10.0. The Morgan fingerprint density at radius 1 is 1.00 bits per heavy atom. The van der Waals surface area contributed by atoms with Crippen LogP contribution < -0.4 is 9.16 Å². The van der Waals surface area contributed by atoms with Gasteiger partial charge >= 0.3 is 5.97 Å². The summed E-state index contributed by atoms with van der Waals surface area (Å²) in [6.07, 6.45) is 0.735. The van der Waals surface area contributed by atoms with Crippen LogP contribution in [0.25, 0.3) is 11.4 Å². The molecular weight excluding hydrogens is 400 g/mol. The first-order valence-corrected chi connectivity index (χ1v) is 12.2. The summed E-state index contributed by atoms with van der Waals surface area (Å²) in [7, 11) is -1.03. The van der Waals surface area contributed by atoms with E-state index in [0.717, 1.165) is 6.29 Å². The molecule has 1 aromatic carbocycles. The van der Waals surface area contributed by atoms with Gasteiger partial charge in [-0.3, -0.25) is 4.79 Å². The Labute approximate surface area is 178 Å². The molecule has 1 N–H and O–H groups in total. The van der Waals surface area contributed by atoms with Crippen molar-refractivity contribution < 1.29 is 23.9 Å². The number of benzene rings is 1. The summed E-state index contributed by atoms with van der Waals surface area (Å²) in [6, 6.07) is 6.58. The zero-order valence-electron chi connectivity index (χ0n) is 18.6. The number of nitrogens with zero attached hydrogens (tertiary/aromatic N) is 2. The third-order valence-corrected chi connectivity index (χ3v) is 11.5. The van der Waals surface area contributed by atoms with Crippen LogP contribution in [0.3, 0.4) is 0 Å². The minimum Gasteiger partial charge on any atom is -0.537 e. The number of aromatic carboxylic acids is 1. The van der Waals surface area contributed by atoms with E-state index in [1.807, 2.05) is 0 Å². The van der Waals surface area contributed by atoms with Crippen LogP contribution in [0.4, 0.5) is 0 Å². The molecule has 7 nitrogen and oxygen atoms in total. The number of rotatable bonds is 9. The SMILES string of the molecule is COc1nc(-c2ccc(C=O)cc2)nc(C(=O)O)c1O[Si](C(C)C)(C(C)C)C(C)C. The Kier molecular flexibility index (Phi) is 7.36. The molecule has 0 amide bonds. The molecule has 0 spiro atoms. The van der Waals surface area contributed by atoms with Gasteiger partial charge in [0.05, 0.1) is 7.11 Å². The van der Waals surface area contributed by atoms with E-state index >= 15 is 0 Å². The number of carbonyl (C=O) groups excluding carboxylic acids is 1. The molecule has 0 bridgehead atoms. The van der Waals surface area contributed by atoms with Gasteiger partial charge in [-0.15, -0.1) is 0 Å². The van der Waals surface area contributed by atoms with Crippen LogP contribution in [0, 0.1) is 0 Å². The van der Waals surface area contributed by atoms with E-state index in [0.29, 0.717) is 11.1 Å². The lowest BCUT2D eigenvalue weighted by Crippen LogP contribution is -2.51. The molecule has 1 heterocycles. The average Bonchev–Trinajstić information content (AvgIpc) is 2.70. The largest absolute Gasteiger partial charge is 0.537 e. The second-order valence-electron chi connectivity index (χ2n) is 8.20. The molecule has 8 heteroatoms. The van der Waals surface area contributed by atoms with Gasteiger partial charge in [-0.05, 0) is 16.6 Å². The Morgan fingerprint density at radius 3 is 1.93 bits per heavy atom. The zero-order valence-corrected chi connectivity index (χ0v) is 19.6. The number of hydrogen-bond acceptors (Lipinski definition) is 6. The van der Waals surface area contributed by atoms with Crippen molar-refractivity contribution in [2.24, 2.45) is 0 Å². The number of ether oxygens (including phenoxy) is 1. The van der Waals surface area contributed by atoms with E-state index in [2.05, 4.69) is 51.5 Å². The van der Waals surface area contributed by atoms with E-state index in [1.54, 1.807) is 24.3 Å². The minimum atomic E-state index is -2.46. The molecule has 0 aliphatic heterocycles. The molecule has 30 heavy (non-hydrogen) atoms. The van der Waals surface area contributed by atoms with Gasteiger partial charge in [0, 0.05) is 11.1 Å². The highest BCUT2D eigenvalue weighted by Gasteiger charge is 2.48. The molecule has 0 fully saturated rings. The summed E-state index contributed by atoms with van der Waals surface area (Å²) < 4.78 is 12.0. The number of carboxylic acid groups (broad SMARTS) is 1. The van der Waals surface area contributed by atoms with Crippen molar-refractivity contribution in [2.45, 2.75) is 58.2 Å². The number of methoxy groups -OCH3 is 1. The van der Waals surface area contributed by atoms with Gasteiger partial charge in [0.15, 0.2) is 11.5 Å². The minimum absolute atomic E-state index is 0.0843. The molecule has 0 saturated carbocycles. The van der Waals surface area contributed by atoms with E-state index in [-0.39, 0.29) is 39.8 Å². The number of aromatic nitrogens is 2. The van der Waals surface area contributed by atoms with Crippen molar-refractivity contribution >= 4 is 20.6 Å². The second-order valence-corrected chi connectivity index (χ2v) is 13.6. The van der Waals surface area contributed by atoms with Crippen molar-refractivity contribution in [1.29, 1.82) is 0 Å². The maximum Gasteiger partial charge on any atom is 0.358 e. The summed E-state index contributed by atoms with van der Waals surface area (Å²) in [4.78, 5) is 31.7. The highest BCUT2D eigenvalue weighted by Crippen LogP contribution is 2.45. The summed E-state index contributed by atoms with van der Waals surface area (Å²) in [5.74, 6) is -0.840. The maximum absolute atomic E-state index is 12.1. The van der Waals surface area contributed by atoms with Crippen LogP contribution in [0.5, 0.6) is 11.6 Å². The lowest BCUT2D eigenvalue weighted by molar-refractivity contribution is 0.0686. The first-order chi connectivity index (χ1) is 14.1. The number of carboxylic acids is 1. The maximum atomic E-state index is 12.1. The van der Waals surface area contributed by atoms with Gasteiger partial charge in [0.25, 0.3) is 14.2 Å². The lowest BCUT2D eigenvalue weighted by atomic mass is 10.1. The Hall–Kier alpha value is -2.74. The molecule has 2 aromatic rings. The van der Waals surface area contributed by atoms with Gasteiger partial charge in [0.1, 0.15) is 6.29 Å². The van der Waals surface area contributed by atoms with Crippen molar-refractivity contribution in [2.75, 3.05) is 7.11 Å². The molecule has 0 saturated heterocycles. The molecule has 162 valence electrons. The molecule has 1 aromatic heterocycles. The summed E-state index contributed by atoms with van der Waals surface area (Å²) in [5.41, 5.74) is 1.56. The van der Waals surface area contributed by atoms with Crippen LogP contribution in [0.15, 0.2) is 24.3 Å². The van der Waals surface area contributed by atoms with Gasteiger partial charge in [-0.25, -0.2) is 9.78 Å². The number of hydrogen-bond donors (Lipinski definition) is 1.